The normalized spacial score (nSPS) is 27.3. The second kappa shape index (κ2) is 4.25. The Labute approximate surface area is 110 Å². The quantitative estimate of drug-likeness (QED) is 0.750. The molecule has 1 saturated heterocycles. The number of para-hydroxylation sites is 1. The van der Waals surface area contributed by atoms with Crippen molar-refractivity contribution in [2.24, 2.45) is 0 Å². The van der Waals surface area contributed by atoms with Crippen LogP contribution in [0.2, 0.25) is 0 Å². The lowest BCUT2D eigenvalue weighted by atomic mass is 9.93. The van der Waals surface area contributed by atoms with Gasteiger partial charge in [0.25, 0.3) is 0 Å². The molecule has 98 valence electrons. The number of nitrogens with one attached hydrogen (secondary N) is 1. The lowest BCUT2D eigenvalue weighted by Gasteiger charge is -2.40. The molecule has 1 atom stereocenters. The van der Waals surface area contributed by atoms with Gasteiger partial charge in [0, 0.05) is 37.4 Å². The van der Waals surface area contributed by atoms with Crippen LogP contribution in [0.15, 0.2) is 24.3 Å². The zero-order valence-electron chi connectivity index (χ0n) is 11.6. The van der Waals surface area contributed by atoms with E-state index in [-0.39, 0.29) is 5.54 Å². The Morgan fingerprint density at radius 2 is 2.00 bits per heavy atom. The van der Waals surface area contributed by atoms with Gasteiger partial charge in [-0.25, -0.2) is 0 Å². The molecule has 0 spiro atoms. The molecule has 0 aromatic heterocycles. The van der Waals surface area contributed by atoms with Gasteiger partial charge in [-0.3, -0.25) is 0 Å². The summed E-state index contributed by atoms with van der Waals surface area (Å²) in [6, 6.07) is 9.45. The Bertz CT molecular complexity index is 441. The Hall–Kier alpha value is -1.06. The number of rotatable bonds is 0. The van der Waals surface area contributed by atoms with Crippen LogP contribution in [0.25, 0.3) is 0 Å². The summed E-state index contributed by atoms with van der Waals surface area (Å²) in [5.41, 5.74) is 2.91. The SMILES string of the molecule is CN1CCN2c3ccccc3C(C)(C)NCC2C1. The van der Waals surface area contributed by atoms with E-state index < -0.39 is 0 Å². The third-order valence-corrected chi connectivity index (χ3v) is 4.35. The highest BCUT2D eigenvalue weighted by molar-refractivity contribution is 5.58. The molecule has 0 bridgehead atoms. The first-order valence-electron chi connectivity index (χ1n) is 6.88. The predicted molar refractivity (Wildman–Crippen MR) is 76.1 cm³/mol. The molecule has 3 heteroatoms. The zero-order valence-corrected chi connectivity index (χ0v) is 11.6. The van der Waals surface area contributed by atoms with Crippen molar-refractivity contribution in [3.8, 4) is 0 Å². The van der Waals surface area contributed by atoms with Crippen LogP contribution in [0, 0.1) is 0 Å². The summed E-state index contributed by atoms with van der Waals surface area (Å²) in [7, 11) is 2.22. The fourth-order valence-electron chi connectivity index (χ4n) is 3.22. The van der Waals surface area contributed by atoms with Crippen LogP contribution in [0.4, 0.5) is 5.69 Å². The van der Waals surface area contributed by atoms with Crippen molar-refractivity contribution in [3.63, 3.8) is 0 Å². The predicted octanol–water partition coefficient (Wildman–Crippen LogP) is 1.65. The fraction of sp³-hybridized carbons (Fsp3) is 0.600. The molecule has 0 amide bonds. The van der Waals surface area contributed by atoms with E-state index in [2.05, 4.69) is 60.3 Å². The van der Waals surface area contributed by atoms with Gasteiger partial charge in [0.2, 0.25) is 0 Å². The third-order valence-electron chi connectivity index (χ3n) is 4.35. The summed E-state index contributed by atoms with van der Waals surface area (Å²) in [5.74, 6) is 0. The molecule has 0 radical (unpaired) electrons. The maximum Gasteiger partial charge on any atom is 0.0542 e. The topological polar surface area (TPSA) is 18.5 Å². The monoisotopic (exact) mass is 245 g/mol. The molecule has 1 fully saturated rings. The van der Waals surface area contributed by atoms with Gasteiger partial charge >= 0.3 is 0 Å². The number of hydrogen-bond acceptors (Lipinski definition) is 3. The Kier molecular flexibility index (Phi) is 2.83. The van der Waals surface area contributed by atoms with Gasteiger partial charge < -0.3 is 15.1 Å². The number of benzene rings is 1. The molecule has 1 N–H and O–H groups in total. The molecular weight excluding hydrogens is 222 g/mol. The number of fused-ring (bicyclic) bond motifs is 3. The Morgan fingerprint density at radius 1 is 1.22 bits per heavy atom. The van der Waals surface area contributed by atoms with Gasteiger partial charge in [-0.1, -0.05) is 18.2 Å². The lowest BCUT2D eigenvalue weighted by molar-refractivity contribution is 0.258. The molecule has 3 nitrogen and oxygen atoms in total. The molecule has 0 aliphatic carbocycles. The second-order valence-electron chi connectivity index (χ2n) is 6.13. The van der Waals surface area contributed by atoms with E-state index in [1.165, 1.54) is 11.3 Å². The van der Waals surface area contributed by atoms with Crippen LogP contribution in [0.1, 0.15) is 19.4 Å². The molecule has 3 rings (SSSR count). The number of nitrogens with zero attached hydrogens (tertiary/aromatic N) is 2. The van der Waals surface area contributed by atoms with Crippen LogP contribution >= 0.6 is 0 Å². The Balaban J connectivity index is 2.04. The average molecular weight is 245 g/mol. The smallest absolute Gasteiger partial charge is 0.0542 e. The Morgan fingerprint density at radius 3 is 2.83 bits per heavy atom. The van der Waals surface area contributed by atoms with Crippen molar-refractivity contribution in [1.82, 2.24) is 10.2 Å². The van der Waals surface area contributed by atoms with E-state index in [1.807, 2.05) is 0 Å². The highest BCUT2D eigenvalue weighted by Gasteiger charge is 2.34. The van der Waals surface area contributed by atoms with E-state index in [0.717, 1.165) is 26.2 Å². The van der Waals surface area contributed by atoms with Crippen molar-refractivity contribution in [1.29, 1.82) is 0 Å². The summed E-state index contributed by atoms with van der Waals surface area (Å²) in [6.07, 6.45) is 0. The first-order chi connectivity index (χ1) is 8.58. The van der Waals surface area contributed by atoms with Crippen LogP contribution in [-0.2, 0) is 5.54 Å². The summed E-state index contributed by atoms with van der Waals surface area (Å²) >= 11 is 0. The average Bonchev–Trinajstić information content (AvgIpc) is 2.46. The minimum atomic E-state index is 0.0620. The van der Waals surface area contributed by atoms with Gasteiger partial charge in [-0.05, 0) is 32.5 Å². The second-order valence-corrected chi connectivity index (χ2v) is 6.13. The van der Waals surface area contributed by atoms with Gasteiger partial charge in [0.15, 0.2) is 0 Å². The number of piperazine rings is 1. The summed E-state index contributed by atoms with van der Waals surface area (Å²) in [5, 5.41) is 3.73. The number of likely N-dealkylation sites (N-methyl/N-ethyl adjacent to an activating group) is 1. The summed E-state index contributed by atoms with van der Waals surface area (Å²) in [6.45, 7) is 9.08. The molecule has 2 aliphatic rings. The van der Waals surface area contributed by atoms with Crippen molar-refractivity contribution < 1.29 is 0 Å². The van der Waals surface area contributed by atoms with E-state index in [1.54, 1.807) is 0 Å². The molecule has 18 heavy (non-hydrogen) atoms. The number of hydrogen-bond donors (Lipinski definition) is 1. The first-order valence-corrected chi connectivity index (χ1v) is 6.88. The van der Waals surface area contributed by atoms with Crippen LogP contribution in [-0.4, -0.2) is 44.2 Å². The maximum atomic E-state index is 3.73. The number of anilines is 1. The van der Waals surface area contributed by atoms with Gasteiger partial charge in [-0.15, -0.1) is 0 Å². The first kappa shape index (κ1) is 12.0. The van der Waals surface area contributed by atoms with E-state index >= 15 is 0 Å². The fourth-order valence-corrected chi connectivity index (χ4v) is 3.22. The minimum Gasteiger partial charge on any atom is -0.364 e. The van der Waals surface area contributed by atoms with Crippen molar-refractivity contribution in [2.45, 2.75) is 25.4 Å². The van der Waals surface area contributed by atoms with Gasteiger partial charge in [0.05, 0.1) is 6.04 Å². The summed E-state index contributed by atoms with van der Waals surface area (Å²) in [4.78, 5) is 5.03. The largest absolute Gasteiger partial charge is 0.364 e. The maximum absolute atomic E-state index is 3.73. The standard InChI is InChI=1S/C15H23N3/c1-15(2)13-6-4-5-7-14(13)18-9-8-17(3)11-12(18)10-16-15/h4-7,12,16H,8-11H2,1-3H3. The van der Waals surface area contributed by atoms with Crippen LogP contribution in [0.5, 0.6) is 0 Å². The highest BCUT2D eigenvalue weighted by atomic mass is 15.3. The molecule has 2 heterocycles. The third kappa shape index (κ3) is 1.91. The van der Waals surface area contributed by atoms with Crippen LogP contribution in [0.3, 0.4) is 0 Å². The lowest BCUT2D eigenvalue weighted by Crippen LogP contribution is -2.55. The molecule has 2 aliphatic heterocycles. The molecule has 1 unspecified atom stereocenters. The van der Waals surface area contributed by atoms with Crippen molar-refractivity contribution in [2.75, 3.05) is 38.1 Å². The van der Waals surface area contributed by atoms with Gasteiger partial charge in [-0.2, -0.15) is 0 Å². The molecular formula is C15H23N3. The van der Waals surface area contributed by atoms with Gasteiger partial charge in [0.1, 0.15) is 0 Å². The van der Waals surface area contributed by atoms with E-state index in [9.17, 15) is 0 Å². The molecule has 1 aromatic carbocycles. The zero-order chi connectivity index (χ0) is 12.8. The van der Waals surface area contributed by atoms with Crippen LogP contribution < -0.4 is 10.2 Å². The molecule has 1 aromatic rings. The van der Waals surface area contributed by atoms with E-state index in [4.69, 9.17) is 0 Å². The molecule has 0 saturated carbocycles. The summed E-state index contributed by atoms with van der Waals surface area (Å²) < 4.78 is 0. The van der Waals surface area contributed by atoms with Crippen molar-refractivity contribution >= 4 is 5.69 Å². The van der Waals surface area contributed by atoms with Crippen molar-refractivity contribution in [3.05, 3.63) is 29.8 Å². The minimum absolute atomic E-state index is 0.0620. The van der Waals surface area contributed by atoms with E-state index in [0.29, 0.717) is 6.04 Å². The highest BCUT2D eigenvalue weighted by Crippen LogP contribution is 2.34.